The number of rotatable bonds is 4. The second kappa shape index (κ2) is 8.05. The van der Waals surface area contributed by atoms with E-state index in [2.05, 4.69) is 10.2 Å². The predicted molar refractivity (Wildman–Crippen MR) is 125 cm³/mol. The lowest BCUT2D eigenvalue weighted by atomic mass is 9.93. The van der Waals surface area contributed by atoms with Crippen molar-refractivity contribution in [2.75, 3.05) is 0 Å². The summed E-state index contributed by atoms with van der Waals surface area (Å²) in [5, 5.41) is 18.5. The normalized spacial score (nSPS) is 15.2. The van der Waals surface area contributed by atoms with Crippen LogP contribution in [0.3, 0.4) is 0 Å². The van der Waals surface area contributed by atoms with Gasteiger partial charge in [0.05, 0.1) is 6.04 Å². The number of hydrogen-bond donors (Lipinski definition) is 2. The molecule has 5 nitrogen and oxygen atoms in total. The Morgan fingerprint density at radius 2 is 1.85 bits per heavy atom. The van der Waals surface area contributed by atoms with Crippen molar-refractivity contribution < 1.29 is 14.3 Å². The summed E-state index contributed by atoms with van der Waals surface area (Å²) in [4.78, 5) is 15.1. The third-order valence-electron chi connectivity index (χ3n) is 6.06. The van der Waals surface area contributed by atoms with Gasteiger partial charge in [0.25, 0.3) is 5.91 Å². The van der Waals surface area contributed by atoms with Crippen LogP contribution in [-0.2, 0) is 6.54 Å². The van der Waals surface area contributed by atoms with Crippen molar-refractivity contribution >= 4 is 17.5 Å². The zero-order valence-electron chi connectivity index (χ0n) is 18.1. The highest BCUT2D eigenvalue weighted by atomic mass is 35.5. The fourth-order valence-corrected chi connectivity index (χ4v) is 4.73. The molecule has 0 radical (unpaired) electrons. The Labute approximate surface area is 195 Å². The van der Waals surface area contributed by atoms with Crippen LogP contribution in [0.15, 0.2) is 60.7 Å². The highest BCUT2D eigenvalue weighted by molar-refractivity contribution is 6.31. The van der Waals surface area contributed by atoms with Gasteiger partial charge in [0.15, 0.2) is 0 Å². The molecule has 0 bridgehead atoms. The standard InChI is InChI=1S/C26H21ClFN3O2/c1-14-11-15(2)25(32)18(12-14)22-21-23(30-29-22)26(33)31(13-16-7-3-5-9-19(16)27)24(21)17-8-4-6-10-20(17)28/h3-12,24,32H,13H2,1-2H3,(H,29,30). The van der Waals surface area contributed by atoms with E-state index in [1.807, 2.05) is 44.2 Å². The van der Waals surface area contributed by atoms with Gasteiger partial charge >= 0.3 is 0 Å². The Balaban J connectivity index is 1.72. The number of halogens is 2. The summed E-state index contributed by atoms with van der Waals surface area (Å²) in [5.41, 5.74) is 4.49. The number of nitrogens with zero attached hydrogens (tertiary/aromatic N) is 2. The Kier molecular flexibility index (Phi) is 5.17. The number of hydrogen-bond acceptors (Lipinski definition) is 3. The molecule has 2 N–H and O–H groups in total. The van der Waals surface area contributed by atoms with Crippen LogP contribution in [0.1, 0.15) is 44.3 Å². The van der Waals surface area contributed by atoms with Crippen LogP contribution in [-0.4, -0.2) is 26.1 Å². The van der Waals surface area contributed by atoms with Gasteiger partial charge in [0, 0.05) is 28.3 Å². The molecule has 1 unspecified atom stereocenters. The van der Waals surface area contributed by atoms with Gasteiger partial charge in [0.2, 0.25) is 0 Å². The molecule has 7 heteroatoms. The van der Waals surface area contributed by atoms with E-state index in [9.17, 15) is 9.90 Å². The summed E-state index contributed by atoms with van der Waals surface area (Å²) in [6, 6.07) is 16.6. The predicted octanol–water partition coefficient (Wildman–Crippen LogP) is 5.94. The van der Waals surface area contributed by atoms with Gasteiger partial charge in [-0.3, -0.25) is 9.89 Å². The number of phenols is 1. The molecule has 1 aromatic heterocycles. The van der Waals surface area contributed by atoms with Crippen LogP contribution in [0, 0.1) is 19.7 Å². The first kappa shape index (κ1) is 21.2. The minimum Gasteiger partial charge on any atom is -0.507 e. The molecule has 5 rings (SSSR count). The van der Waals surface area contributed by atoms with Gasteiger partial charge in [-0.15, -0.1) is 0 Å². The topological polar surface area (TPSA) is 69.2 Å². The van der Waals surface area contributed by atoms with Crippen LogP contribution in [0.25, 0.3) is 11.3 Å². The van der Waals surface area contributed by atoms with E-state index in [-0.39, 0.29) is 23.9 Å². The van der Waals surface area contributed by atoms with Crippen LogP contribution < -0.4 is 0 Å². The van der Waals surface area contributed by atoms with Crippen LogP contribution in [0.2, 0.25) is 5.02 Å². The molecule has 1 aliphatic heterocycles. The highest BCUT2D eigenvalue weighted by Gasteiger charge is 2.43. The Bertz CT molecular complexity index is 1400. The summed E-state index contributed by atoms with van der Waals surface area (Å²) in [6.07, 6.45) is 0. The van der Waals surface area contributed by atoms with Gasteiger partial charge in [0.1, 0.15) is 23.0 Å². The van der Waals surface area contributed by atoms with E-state index in [0.717, 1.165) is 11.1 Å². The molecular formula is C26H21ClFN3O2. The zero-order chi connectivity index (χ0) is 23.3. The third-order valence-corrected chi connectivity index (χ3v) is 6.43. The number of carbonyl (C=O) groups is 1. The lowest BCUT2D eigenvalue weighted by molar-refractivity contribution is 0.0728. The Hall–Kier alpha value is -3.64. The highest BCUT2D eigenvalue weighted by Crippen LogP contribution is 2.46. The fourth-order valence-electron chi connectivity index (χ4n) is 4.54. The molecule has 2 heterocycles. The minimum absolute atomic E-state index is 0.0826. The second-order valence-electron chi connectivity index (χ2n) is 8.29. The molecule has 4 aromatic rings. The fraction of sp³-hybridized carbons (Fsp3) is 0.154. The first-order valence-corrected chi connectivity index (χ1v) is 10.9. The van der Waals surface area contributed by atoms with E-state index in [1.54, 1.807) is 29.2 Å². The number of nitrogens with one attached hydrogen (secondary N) is 1. The Morgan fingerprint density at radius 1 is 1.12 bits per heavy atom. The number of fused-ring (bicyclic) bond motifs is 1. The van der Waals surface area contributed by atoms with E-state index in [0.29, 0.717) is 33.0 Å². The number of benzene rings is 3. The van der Waals surface area contributed by atoms with E-state index in [1.165, 1.54) is 6.07 Å². The summed E-state index contributed by atoms with van der Waals surface area (Å²) >= 11 is 6.38. The van der Waals surface area contributed by atoms with Crippen molar-refractivity contribution in [2.45, 2.75) is 26.4 Å². The summed E-state index contributed by atoms with van der Waals surface area (Å²) in [5.74, 6) is -0.649. The monoisotopic (exact) mass is 461 g/mol. The molecule has 1 amide bonds. The average molecular weight is 462 g/mol. The average Bonchev–Trinajstić information content (AvgIpc) is 3.32. The molecule has 3 aromatic carbocycles. The first-order chi connectivity index (χ1) is 15.9. The van der Waals surface area contributed by atoms with Crippen molar-refractivity contribution in [1.29, 1.82) is 0 Å². The number of amides is 1. The molecule has 166 valence electrons. The summed E-state index contributed by atoms with van der Waals surface area (Å²) in [7, 11) is 0. The smallest absolute Gasteiger partial charge is 0.273 e. The molecule has 0 aliphatic carbocycles. The summed E-state index contributed by atoms with van der Waals surface area (Å²) in [6.45, 7) is 3.92. The maximum absolute atomic E-state index is 15.1. The van der Waals surface area contributed by atoms with Gasteiger partial charge in [-0.05, 0) is 48.7 Å². The van der Waals surface area contributed by atoms with Crippen LogP contribution in [0.5, 0.6) is 5.75 Å². The van der Waals surface area contributed by atoms with Crippen LogP contribution >= 0.6 is 11.6 Å². The lowest BCUT2D eigenvalue weighted by Gasteiger charge is -2.27. The third kappa shape index (κ3) is 3.47. The molecule has 0 fully saturated rings. The van der Waals surface area contributed by atoms with Crippen molar-refractivity contribution in [3.05, 3.63) is 105 Å². The number of aromatic amines is 1. The molecule has 0 saturated heterocycles. The number of phenolic OH excluding ortho intramolecular Hbond substituents is 1. The SMILES string of the molecule is Cc1cc(C)c(O)c(-c2n[nH]c3c2C(c2ccccc2F)N(Cc2ccccc2Cl)C3=O)c1. The van der Waals surface area contributed by atoms with Crippen molar-refractivity contribution in [2.24, 2.45) is 0 Å². The van der Waals surface area contributed by atoms with E-state index in [4.69, 9.17) is 11.6 Å². The minimum atomic E-state index is -0.737. The second-order valence-corrected chi connectivity index (χ2v) is 8.69. The van der Waals surface area contributed by atoms with Gasteiger partial charge in [-0.1, -0.05) is 54.1 Å². The quantitative estimate of drug-likeness (QED) is 0.395. The van der Waals surface area contributed by atoms with Crippen molar-refractivity contribution in [3.63, 3.8) is 0 Å². The molecule has 0 saturated carbocycles. The molecule has 33 heavy (non-hydrogen) atoms. The van der Waals surface area contributed by atoms with Gasteiger partial charge in [-0.25, -0.2) is 4.39 Å². The van der Waals surface area contributed by atoms with E-state index < -0.39 is 11.9 Å². The molecule has 1 atom stereocenters. The lowest BCUT2D eigenvalue weighted by Crippen LogP contribution is -2.29. The van der Waals surface area contributed by atoms with Crippen molar-refractivity contribution in [1.82, 2.24) is 15.1 Å². The molecule has 1 aliphatic rings. The summed E-state index contributed by atoms with van der Waals surface area (Å²) < 4.78 is 15.1. The first-order valence-electron chi connectivity index (χ1n) is 10.5. The largest absolute Gasteiger partial charge is 0.507 e. The number of carbonyl (C=O) groups excluding carboxylic acids is 1. The van der Waals surface area contributed by atoms with Crippen molar-refractivity contribution in [3.8, 4) is 17.0 Å². The number of aromatic nitrogens is 2. The zero-order valence-corrected chi connectivity index (χ0v) is 18.8. The van der Waals surface area contributed by atoms with E-state index >= 15 is 4.39 Å². The van der Waals surface area contributed by atoms with Gasteiger partial charge < -0.3 is 10.0 Å². The molecular weight excluding hydrogens is 441 g/mol. The van der Waals surface area contributed by atoms with Crippen LogP contribution in [0.4, 0.5) is 4.39 Å². The Morgan fingerprint density at radius 3 is 2.61 bits per heavy atom. The molecule has 0 spiro atoms. The number of aryl methyl sites for hydroxylation is 2. The number of aromatic hydroxyl groups is 1. The van der Waals surface area contributed by atoms with Gasteiger partial charge in [-0.2, -0.15) is 5.10 Å². The number of H-pyrrole nitrogens is 1. The maximum Gasteiger partial charge on any atom is 0.273 e. The maximum atomic E-state index is 15.1.